The summed E-state index contributed by atoms with van der Waals surface area (Å²) in [4.78, 5) is 0. The molecule has 8 rings (SSSR count). The summed E-state index contributed by atoms with van der Waals surface area (Å²) < 4.78 is 0. The molecule has 0 amide bonds. The van der Waals surface area contributed by atoms with E-state index in [1.165, 1.54) is 11.1 Å². The first kappa shape index (κ1) is 24.8. The summed E-state index contributed by atoms with van der Waals surface area (Å²) in [5, 5.41) is 0. The van der Waals surface area contributed by atoms with Crippen LogP contribution in [0, 0.1) is 0 Å². The molecule has 200 valence electrons. The molecule has 2 nitrogen and oxygen atoms in total. The molecule has 0 spiro atoms. The van der Waals surface area contributed by atoms with Gasteiger partial charge in [-0.15, -0.1) is 0 Å². The van der Waals surface area contributed by atoms with Crippen molar-refractivity contribution in [1.29, 1.82) is 0 Å². The molecular weight excluding hydrogens is 508 g/mol. The molecule has 2 heteroatoms. The second kappa shape index (κ2) is 9.25. The lowest BCUT2D eigenvalue weighted by molar-refractivity contribution is 0.639. The molecule has 0 bridgehead atoms. The number of hydrogen-bond donors (Lipinski definition) is 2. The maximum Gasteiger partial charge on any atom is 0.0935 e. The van der Waals surface area contributed by atoms with Gasteiger partial charge in [-0.25, -0.2) is 0 Å². The fourth-order valence-electron chi connectivity index (χ4n) is 7.32. The Kier molecular flexibility index (Phi) is 5.45. The van der Waals surface area contributed by atoms with Crippen molar-refractivity contribution in [2.24, 2.45) is 11.5 Å². The van der Waals surface area contributed by atoms with Gasteiger partial charge in [0.15, 0.2) is 0 Å². The van der Waals surface area contributed by atoms with E-state index in [2.05, 4.69) is 146 Å². The van der Waals surface area contributed by atoms with Gasteiger partial charge in [-0.1, -0.05) is 158 Å². The van der Waals surface area contributed by atoms with Crippen LogP contribution in [0.15, 0.2) is 158 Å². The monoisotopic (exact) mass is 538 g/mol. The molecule has 42 heavy (non-hydrogen) atoms. The molecule has 6 aromatic carbocycles. The van der Waals surface area contributed by atoms with Crippen molar-refractivity contribution in [3.05, 3.63) is 213 Å². The molecule has 0 saturated heterocycles. The Morgan fingerprint density at radius 2 is 0.524 bits per heavy atom. The summed E-state index contributed by atoms with van der Waals surface area (Å²) in [6.07, 6.45) is 0. The Labute approximate surface area is 246 Å². The highest BCUT2D eigenvalue weighted by Crippen LogP contribution is 2.54. The van der Waals surface area contributed by atoms with Crippen LogP contribution in [0.25, 0.3) is 11.1 Å². The average molecular weight is 539 g/mol. The van der Waals surface area contributed by atoms with Crippen molar-refractivity contribution in [3.8, 4) is 0 Å². The van der Waals surface area contributed by atoms with Crippen LogP contribution in [0.1, 0.15) is 55.6 Å². The fourth-order valence-corrected chi connectivity index (χ4v) is 7.32. The lowest BCUT2D eigenvalue weighted by Crippen LogP contribution is -2.44. The zero-order valence-electron chi connectivity index (χ0n) is 23.2. The van der Waals surface area contributed by atoms with Crippen LogP contribution < -0.4 is 11.5 Å². The maximum atomic E-state index is 7.56. The standard InChI is InChI=1S/C40H30N2/c41-39(27-15-3-1-4-16-27)33-23-11-7-19-29(33)37(30-20-8-12-24-34(30)39)38-31-21-9-13-25-35(31)40(42,28-17-5-2-6-18-28)36-26-14-10-22-32(36)38/h1-26H,41-42H2. The van der Waals surface area contributed by atoms with Gasteiger partial charge in [0, 0.05) is 0 Å². The van der Waals surface area contributed by atoms with Gasteiger partial charge < -0.3 is 11.5 Å². The largest absolute Gasteiger partial charge is 0.314 e. The number of benzene rings is 6. The van der Waals surface area contributed by atoms with Crippen LogP contribution in [-0.4, -0.2) is 0 Å². The lowest BCUT2D eigenvalue weighted by Gasteiger charge is -2.43. The normalized spacial score (nSPS) is 20.2. The zero-order chi connectivity index (χ0) is 28.3. The first-order valence-electron chi connectivity index (χ1n) is 14.5. The van der Waals surface area contributed by atoms with Crippen LogP contribution in [0.3, 0.4) is 0 Å². The predicted octanol–water partition coefficient (Wildman–Crippen LogP) is 7.82. The quantitative estimate of drug-likeness (QED) is 0.236. The highest BCUT2D eigenvalue weighted by molar-refractivity contribution is 6.09. The molecule has 0 fully saturated rings. The molecule has 0 unspecified atom stereocenters. The van der Waals surface area contributed by atoms with Crippen molar-refractivity contribution in [3.63, 3.8) is 0 Å². The van der Waals surface area contributed by atoms with Crippen molar-refractivity contribution in [2.45, 2.75) is 11.1 Å². The van der Waals surface area contributed by atoms with Gasteiger partial charge in [0.1, 0.15) is 0 Å². The molecule has 6 aromatic rings. The van der Waals surface area contributed by atoms with Crippen LogP contribution in [-0.2, 0) is 11.1 Å². The van der Waals surface area contributed by atoms with Crippen molar-refractivity contribution < 1.29 is 0 Å². The third-order valence-corrected chi connectivity index (χ3v) is 9.19. The molecular formula is C40H30N2. The number of nitrogens with two attached hydrogens (primary N) is 2. The average Bonchev–Trinajstić information content (AvgIpc) is 3.07. The summed E-state index contributed by atoms with van der Waals surface area (Å²) >= 11 is 0. The third-order valence-electron chi connectivity index (χ3n) is 9.19. The first-order chi connectivity index (χ1) is 20.6. The molecule has 0 saturated carbocycles. The van der Waals surface area contributed by atoms with Gasteiger partial charge in [0.05, 0.1) is 11.1 Å². The second-order valence-electron chi connectivity index (χ2n) is 11.3. The van der Waals surface area contributed by atoms with E-state index in [9.17, 15) is 0 Å². The maximum absolute atomic E-state index is 7.56. The highest BCUT2D eigenvalue weighted by atomic mass is 14.8. The van der Waals surface area contributed by atoms with Gasteiger partial charge in [-0.3, -0.25) is 0 Å². The van der Waals surface area contributed by atoms with Gasteiger partial charge in [-0.2, -0.15) is 0 Å². The van der Waals surface area contributed by atoms with Gasteiger partial charge >= 0.3 is 0 Å². The number of hydrogen-bond acceptors (Lipinski definition) is 2. The van der Waals surface area contributed by atoms with E-state index in [-0.39, 0.29) is 0 Å². The molecule has 0 aliphatic heterocycles. The lowest BCUT2D eigenvalue weighted by atomic mass is 9.63. The van der Waals surface area contributed by atoms with Crippen LogP contribution >= 0.6 is 0 Å². The van der Waals surface area contributed by atoms with E-state index < -0.39 is 11.1 Å². The Morgan fingerprint density at radius 3 is 0.810 bits per heavy atom. The van der Waals surface area contributed by atoms with Gasteiger partial charge in [0.25, 0.3) is 0 Å². The van der Waals surface area contributed by atoms with Crippen molar-refractivity contribution >= 4 is 11.1 Å². The SMILES string of the molecule is NC1(c2ccccc2)c2ccccc2C(=C2c3ccccc3C(N)(c3ccccc3)c3ccccc32)c2ccccc21. The van der Waals surface area contributed by atoms with E-state index in [4.69, 9.17) is 11.5 Å². The molecule has 0 atom stereocenters. The smallest absolute Gasteiger partial charge is 0.0935 e. The van der Waals surface area contributed by atoms with E-state index >= 15 is 0 Å². The Morgan fingerprint density at radius 1 is 0.286 bits per heavy atom. The fraction of sp³-hybridized carbons (Fsp3) is 0.0500. The minimum atomic E-state index is -0.798. The van der Waals surface area contributed by atoms with E-state index in [1.807, 2.05) is 12.1 Å². The third kappa shape index (κ3) is 3.28. The van der Waals surface area contributed by atoms with Crippen LogP contribution in [0.4, 0.5) is 0 Å². The molecule has 0 radical (unpaired) electrons. The van der Waals surface area contributed by atoms with E-state index in [1.54, 1.807) is 0 Å². The Balaban J connectivity index is 1.53. The Bertz CT molecular complexity index is 1760. The van der Waals surface area contributed by atoms with Crippen molar-refractivity contribution in [1.82, 2.24) is 0 Å². The number of fused-ring (bicyclic) bond motifs is 4. The number of rotatable bonds is 2. The minimum absolute atomic E-state index is 0.798. The summed E-state index contributed by atoms with van der Waals surface area (Å²) in [5.74, 6) is 0. The molecule has 0 heterocycles. The van der Waals surface area contributed by atoms with Gasteiger partial charge in [0.2, 0.25) is 0 Å². The zero-order valence-corrected chi connectivity index (χ0v) is 23.2. The van der Waals surface area contributed by atoms with E-state index in [0.717, 1.165) is 55.6 Å². The van der Waals surface area contributed by atoms with Crippen LogP contribution in [0.5, 0.6) is 0 Å². The molecule has 0 aromatic heterocycles. The predicted molar refractivity (Wildman–Crippen MR) is 172 cm³/mol. The second-order valence-corrected chi connectivity index (χ2v) is 11.3. The molecule has 2 aliphatic carbocycles. The minimum Gasteiger partial charge on any atom is -0.314 e. The summed E-state index contributed by atoms with van der Waals surface area (Å²) in [5.41, 5.74) is 27.0. The topological polar surface area (TPSA) is 52.0 Å². The van der Waals surface area contributed by atoms with Gasteiger partial charge in [-0.05, 0) is 66.8 Å². The molecule has 2 aliphatic rings. The highest BCUT2D eigenvalue weighted by Gasteiger charge is 2.45. The summed E-state index contributed by atoms with van der Waals surface area (Å²) in [6.45, 7) is 0. The molecule has 4 N–H and O–H groups in total. The first-order valence-corrected chi connectivity index (χ1v) is 14.5. The summed E-state index contributed by atoms with van der Waals surface area (Å²) in [7, 11) is 0. The summed E-state index contributed by atoms with van der Waals surface area (Å²) in [6, 6.07) is 55.5. The van der Waals surface area contributed by atoms with E-state index in [0.29, 0.717) is 0 Å². The Hall–Kier alpha value is -5.02. The van der Waals surface area contributed by atoms with Crippen LogP contribution in [0.2, 0.25) is 0 Å². The van der Waals surface area contributed by atoms with Crippen molar-refractivity contribution in [2.75, 3.05) is 0 Å².